The standard InChI is InChI=1S/C21H27N3O3S/c1-4-23(12-15(2)3)19(25)14-28-21-22-18-10-6-5-9-17(18)20(26)24(21)13-16-8-7-11-27-16/h5-6,9-10,16H,2,4,7-8,11-14H2,1,3H3. The molecule has 1 aromatic heterocycles. The Labute approximate surface area is 169 Å². The molecule has 0 radical (unpaired) electrons. The van der Waals surface area contributed by atoms with Gasteiger partial charge in [-0.3, -0.25) is 14.2 Å². The molecule has 0 N–H and O–H groups in total. The number of ether oxygens (including phenoxy) is 1. The van der Waals surface area contributed by atoms with E-state index < -0.39 is 0 Å². The minimum absolute atomic E-state index is 0.0153. The number of rotatable bonds is 8. The Kier molecular flexibility index (Phi) is 6.91. The summed E-state index contributed by atoms with van der Waals surface area (Å²) in [4.78, 5) is 32.1. The Balaban J connectivity index is 1.86. The second-order valence-corrected chi connectivity index (χ2v) is 8.06. The summed E-state index contributed by atoms with van der Waals surface area (Å²) < 4.78 is 7.39. The smallest absolute Gasteiger partial charge is 0.262 e. The molecule has 150 valence electrons. The van der Waals surface area contributed by atoms with Crippen molar-refractivity contribution in [1.29, 1.82) is 0 Å². The van der Waals surface area contributed by atoms with Gasteiger partial charge in [0, 0.05) is 19.7 Å². The highest BCUT2D eigenvalue weighted by Crippen LogP contribution is 2.21. The predicted molar refractivity (Wildman–Crippen MR) is 113 cm³/mol. The molecule has 0 saturated carbocycles. The fourth-order valence-corrected chi connectivity index (χ4v) is 4.24. The Morgan fingerprint density at radius 1 is 1.43 bits per heavy atom. The third kappa shape index (κ3) is 4.83. The number of hydrogen-bond donors (Lipinski definition) is 0. The lowest BCUT2D eigenvalue weighted by atomic mass is 10.2. The van der Waals surface area contributed by atoms with E-state index in [1.54, 1.807) is 15.5 Å². The third-order valence-corrected chi connectivity index (χ3v) is 5.72. The van der Waals surface area contributed by atoms with Gasteiger partial charge in [-0.2, -0.15) is 0 Å². The van der Waals surface area contributed by atoms with Gasteiger partial charge < -0.3 is 9.64 Å². The van der Waals surface area contributed by atoms with Crippen molar-refractivity contribution in [3.8, 4) is 0 Å². The lowest BCUT2D eigenvalue weighted by Gasteiger charge is -2.21. The van der Waals surface area contributed by atoms with Crippen LogP contribution in [0.3, 0.4) is 0 Å². The monoisotopic (exact) mass is 401 g/mol. The van der Waals surface area contributed by atoms with Crippen molar-refractivity contribution >= 4 is 28.6 Å². The molecular weight excluding hydrogens is 374 g/mol. The van der Waals surface area contributed by atoms with E-state index in [1.165, 1.54) is 11.8 Å². The highest BCUT2D eigenvalue weighted by atomic mass is 32.2. The zero-order valence-electron chi connectivity index (χ0n) is 16.5. The zero-order chi connectivity index (χ0) is 20.1. The molecule has 6 nitrogen and oxygen atoms in total. The molecule has 1 saturated heterocycles. The van der Waals surface area contributed by atoms with Gasteiger partial charge in [0.05, 0.1) is 29.3 Å². The molecule has 1 unspecified atom stereocenters. The second-order valence-electron chi connectivity index (χ2n) is 7.12. The highest BCUT2D eigenvalue weighted by Gasteiger charge is 2.21. The number of hydrogen-bond acceptors (Lipinski definition) is 5. The molecule has 2 aromatic rings. The van der Waals surface area contributed by atoms with Crippen LogP contribution in [0.4, 0.5) is 0 Å². The number of carbonyl (C=O) groups excluding carboxylic acids is 1. The van der Waals surface area contributed by atoms with Crippen LogP contribution in [0.2, 0.25) is 0 Å². The maximum atomic E-state index is 13.1. The van der Waals surface area contributed by atoms with Gasteiger partial charge in [-0.05, 0) is 38.8 Å². The van der Waals surface area contributed by atoms with E-state index in [-0.39, 0.29) is 23.3 Å². The van der Waals surface area contributed by atoms with E-state index >= 15 is 0 Å². The van der Waals surface area contributed by atoms with Gasteiger partial charge in [0.2, 0.25) is 5.91 Å². The van der Waals surface area contributed by atoms with E-state index in [4.69, 9.17) is 4.74 Å². The van der Waals surface area contributed by atoms with Crippen LogP contribution < -0.4 is 5.56 Å². The van der Waals surface area contributed by atoms with Crippen LogP contribution in [0, 0.1) is 0 Å². The molecule has 1 aliphatic heterocycles. The summed E-state index contributed by atoms with van der Waals surface area (Å²) in [7, 11) is 0. The van der Waals surface area contributed by atoms with Gasteiger partial charge in [-0.25, -0.2) is 4.98 Å². The fourth-order valence-electron chi connectivity index (χ4n) is 3.33. The molecule has 28 heavy (non-hydrogen) atoms. The van der Waals surface area contributed by atoms with Crippen molar-refractivity contribution in [1.82, 2.24) is 14.5 Å². The van der Waals surface area contributed by atoms with E-state index in [0.29, 0.717) is 35.7 Å². The summed E-state index contributed by atoms with van der Waals surface area (Å²) in [5, 5.41) is 1.16. The summed E-state index contributed by atoms with van der Waals surface area (Å²) in [6.45, 7) is 10.1. The molecule has 1 amide bonds. The lowest BCUT2D eigenvalue weighted by Crippen LogP contribution is -2.34. The van der Waals surface area contributed by atoms with Crippen molar-refractivity contribution < 1.29 is 9.53 Å². The van der Waals surface area contributed by atoms with Crippen molar-refractivity contribution in [2.24, 2.45) is 0 Å². The molecule has 1 aromatic carbocycles. The van der Waals surface area contributed by atoms with E-state index in [1.807, 2.05) is 32.0 Å². The first-order valence-electron chi connectivity index (χ1n) is 9.65. The number of fused-ring (bicyclic) bond motifs is 1. The van der Waals surface area contributed by atoms with Crippen molar-refractivity contribution in [3.63, 3.8) is 0 Å². The van der Waals surface area contributed by atoms with Gasteiger partial charge >= 0.3 is 0 Å². The predicted octanol–water partition coefficient (Wildman–Crippen LogP) is 3.09. The van der Waals surface area contributed by atoms with Crippen LogP contribution in [-0.2, 0) is 16.1 Å². The van der Waals surface area contributed by atoms with Gasteiger partial charge in [0.15, 0.2) is 5.16 Å². The first-order valence-corrected chi connectivity index (χ1v) is 10.6. The maximum absolute atomic E-state index is 13.1. The highest BCUT2D eigenvalue weighted by molar-refractivity contribution is 7.99. The van der Waals surface area contributed by atoms with E-state index in [2.05, 4.69) is 11.6 Å². The van der Waals surface area contributed by atoms with Crippen LogP contribution >= 0.6 is 11.8 Å². The van der Waals surface area contributed by atoms with E-state index in [9.17, 15) is 9.59 Å². The minimum atomic E-state index is -0.0784. The topological polar surface area (TPSA) is 64.4 Å². The number of likely N-dealkylation sites (N-methyl/N-ethyl adjacent to an activating group) is 1. The summed E-state index contributed by atoms with van der Waals surface area (Å²) >= 11 is 1.31. The molecule has 2 heterocycles. The number of carbonyl (C=O) groups is 1. The number of para-hydroxylation sites is 1. The van der Waals surface area contributed by atoms with Gasteiger partial charge in [0.25, 0.3) is 5.56 Å². The first-order chi connectivity index (χ1) is 13.5. The molecule has 0 bridgehead atoms. The van der Waals surface area contributed by atoms with Gasteiger partial charge in [0.1, 0.15) is 0 Å². The average Bonchev–Trinajstić information content (AvgIpc) is 3.19. The van der Waals surface area contributed by atoms with Crippen molar-refractivity contribution in [3.05, 3.63) is 46.8 Å². The Morgan fingerprint density at radius 3 is 2.89 bits per heavy atom. The molecule has 1 aliphatic rings. The van der Waals surface area contributed by atoms with Crippen LogP contribution in [0.1, 0.15) is 26.7 Å². The summed E-state index contributed by atoms with van der Waals surface area (Å²) in [6, 6.07) is 7.33. The van der Waals surface area contributed by atoms with Crippen LogP contribution in [0.5, 0.6) is 0 Å². The molecular formula is C21H27N3O3S. The largest absolute Gasteiger partial charge is 0.376 e. The van der Waals surface area contributed by atoms with Gasteiger partial charge in [-0.15, -0.1) is 0 Å². The number of benzene rings is 1. The lowest BCUT2D eigenvalue weighted by molar-refractivity contribution is -0.127. The molecule has 0 aliphatic carbocycles. The number of aromatic nitrogens is 2. The molecule has 1 atom stereocenters. The number of amides is 1. The average molecular weight is 402 g/mol. The third-order valence-electron chi connectivity index (χ3n) is 4.76. The van der Waals surface area contributed by atoms with Crippen LogP contribution in [0.15, 0.2) is 46.4 Å². The number of thioether (sulfide) groups is 1. The Morgan fingerprint density at radius 2 is 2.21 bits per heavy atom. The Bertz CT molecular complexity index is 919. The van der Waals surface area contributed by atoms with Gasteiger partial charge in [-0.1, -0.05) is 36.0 Å². The second kappa shape index (κ2) is 9.39. The normalized spacial score (nSPS) is 16.4. The Hall–Kier alpha value is -2.12. The number of nitrogens with zero attached hydrogens (tertiary/aromatic N) is 3. The summed E-state index contributed by atoms with van der Waals surface area (Å²) in [6.07, 6.45) is 1.96. The summed E-state index contributed by atoms with van der Waals surface area (Å²) in [5.74, 6) is 0.249. The molecule has 7 heteroatoms. The summed E-state index contributed by atoms with van der Waals surface area (Å²) in [5.41, 5.74) is 1.52. The maximum Gasteiger partial charge on any atom is 0.262 e. The zero-order valence-corrected chi connectivity index (χ0v) is 17.3. The SMILES string of the molecule is C=C(C)CN(CC)C(=O)CSc1nc2ccccc2c(=O)n1CC1CCCO1. The van der Waals surface area contributed by atoms with Crippen molar-refractivity contribution in [2.45, 2.75) is 44.5 Å². The van der Waals surface area contributed by atoms with Crippen molar-refractivity contribution in [2.75, 3.05) is 25.4 Å². The first kappa shape index (κ1) is 20.6. The quantitative estimate of drug-likeness (QED) is 0.386. The molecule has 3 rings (SSSR count). The van der Waals surface area contributed by atoms with Crippen LogP contribution in [0.25, 0.3) is 10.9 Å². The fraction of sp³-hybridized carbons (Fsp3) is 0.476. The molecule has 1 fully saturated rings. The van der Waals surface area contributed by atoms with Crippen LogP contribution in [-0.4, -0.2) is 51.9 Å². The minimum Gasteiger partial charge on any atom is -0.376 e. The van der Waals surface area contributed by atoms with E-state index in [0.717, 1.165) is 25.0 Å². The molecule has 0 spiro atoms.